The van der Waals surface area contributed by atoms with Gasteiger partial charge in [-0.25, -0.2) is 4.98 Å². The van der Waals surface area contributed by atoms with E-state index in [1.165, 1.54) is 5.56 Å². The highest BCUT2D eigenvalue weighted by molar-refractivity contribution is 5.97. The smallest absolute Gasteiger partial charge is 0.149 e. The van der Waals surface area contributed by atoms with Gasteiger partial charge in [-0.1, -0.05) is 135 Å². The molecule has 0 atom stereocenters. The summed E-state index contributed by atoms with van der Waals surface area (Å²) in [5.41, 5.74) is 12.7. The van der Waals surface area contributed by atoms with Crippen molar-refractivity contribution in [3.05, 3.63) is 144 Å². The quantitative estimate of drug-likeness (QED) is 0.196. The van der Waals surface area contributed by atoms with Crippen LogP contribution in [0.1, 0.15) is 79.0 Å². The highest BCUT2D eigenvalue weighted by Crippen LogP contribution is 2.44. The molecule has 0 amide bonds. The Kier molecular flexibility index (Phi) is 8.69. The Morgan fingerprint density at radius 2 is 1.15 bits per heavy atom. The first-order chi connectivity index (χ1) is 24.6. The van der Waals surface area contributed by atoms with E-state index in [4.69, 9.17) is 9.97 Å². The number of pyridine rings is 1. The van der Waals surface area contributed by atoms with Gasteiger partial charge in [-0.05, 0) is 92.6 Å². The third-order valence-corrected chi connectivity index (χ3v) is 10.00. The highest BCUT2D eigenvalue weighted by Gasteiger charge is 2.29. The van der Waals surface area contributed by atoms with Gasteiger partial charge in [-0.3, -0.25) is 9.55 Å². The second-order valence-electron chi connectivity index (χ2n) is 17.0. The van der Waals surface area contributed by atoms with Crippen LogP contribution in [-0.4, -0.2) is 19.6 Å². The molecule has 0 spiro atoms. The summed E-state index contributed by atoms with van der Waals surface area (Å²) in [5, 5.41) is 12.1. The Bertz CT molecular complexity index is 2400. The second kappa shape index (κ2) is 12.9. The van der Waals surface area contributed by atoms with Crippen LogP contribution in [0.4, 0.5) is 0 Å². The minimum absolute atomic E-state index is 0.104. The maximum atomic E-state index is 12.1. The summed E-state index contributed by atoms with van der Waals surface area (Å²) in [7, 11) is 0. The maximum Gasteiger partial charge on any atom is 0.149 e. The van der Waals surface area contributed by atoms with E-state index in [-0.39, 0.29) is 22.0 Å². The zero-order valence-corrected chi connectivity index (χ0v) is 31.9. The van der Waals surface area contributed by atoms with Gasteiger partial charge in [0, 0.05) is 28.6 Å². The fourth-order valence-electron chi connectivity index (χ4n) is 6.92. The van der Waals surface area contributed by atoms with Crippen molar-refractivity contribution in [3.63, 3.8) is 0 Å². The van der Waals surface area contributed by atoms with Crippen LogP contribution in [0.2, 0.25) is 0 Å². The minimum Gasteiger partial charge on any atom is -0.507 e. The molecule has 0 aliphatic heterocycles. The van der Waals surface area contributed by atoms with E-state index in [9.17, 15) is 5.11 Å². The predicted molar refractivity (Wildman–Crippen MR) is 218 cm³/mol. The molecule has 0 fully saturated rings. The monoisotopic (exact) mass is 683 g/mol. The van der Waals surface area contributed by atoms with E-state index in [2.05, 4.69) is 176 Å². The summed E-state index contributed by atoms with van der Waals surface area (Å²) in [6, 6.07) is 42.6. The number of aromatic nitrogens is 3. The van der Waals surface area contributed by atoms with Gasteiger partial charge in [0.15, 0.2) is 0 Å². The molecule has 0 saturated heterocycles. The van der Waals surface area contributed by atoms with Gasteiger partial charge < -0.3 is 5.11 Å². The molecule has 7 rings (SSSR count). The molecule has 52 heavy (non-hydrogen) atoms. The van der Waals surface area contributed by atoms with E-state index in [0.29, 0.717) is 5.82 Å². The van der Waals surface area contributed by atoms with Crippen LogP contribution in [0.25, 0.3) is 61.6 Å². The van der Waals surface area contributed by atoms with E-state index < -0.39 is 0 Å². The lowest BCUT2D eigenvalue weighted by Crippen LogP contribution is -2.17. The van der Waals surface area contributed by atoms with E-state index in [1.807, 2.05) is 18.3 Å². The Balaban J connectivity index is 1.51. The molecule has 0 radical (unpaired) electrons. The van der Waals surface area contributed by atoms with Gasteiger partial charge in [-0.2, -0.15) is 0 Å². The number of aromatic hydroxyl groups is 1. The van der Waals surface area contributed by atoms with Crippen molar-refractivity contribution in [2.45, 2.75) is 78.6 Å². The Labute approximate surface area is 308 Å². The van der Waals surface area contributed by atoms with E-state index >= 15 is 0 Å². The van der Waals surface area contributed by atoms with Crippen LogP contribution < -0.4 is 0 Å². The van der Waals surface area contributed by atoms with Crippen molar-refractivity contribution in [2.24, 2.45) is 0 Å². The lowest BCUT2D eigenvalue weighted by Gasteiger charge is -2.27. The third kappa shape index (κ3) is 6.66. The van der Waals surface area contributed by atoms with Crippen molar-refractivity contribution >= 4 is 11.0 Å². The molecule has 0 saturated carbocycles. The fraction of sp³-hybridized carbons (Fsp3) is 0.250. The summed E-state index contributed by atoms with van der Waals surface area (Å²) in [6.45, 7) is 19.9. The van der Waals surface area contributed by atoms with Crippen LogP contribution >= 0.6 is 0 Å². The number of rotatable bonds is 5. The minimum atomic E-state index is -0.273. The first-order valence-electron chi connectivity index (χ1n) is 18.2. The Morgan fingerprint density at radius 1 is 0.519 bits per heavy atom. The topological polar surface area (TPSA) is 50.9 Å². The fourth-order valence-corrected chi connectivity index (χ4v) is 6.92. The zero-order valence-electron chi connectivity index (χ0n) is 31.9. The average Bonchev–Trinajstić information content (AvgIpc) is 3.50. The van der Waals surface area contributed by atoms with Crippen LogP contribution in [0.5, 0.6) is 5.75 Å². The summed E-state index contributed by atoms with van der Waals surface area (Å²) in [6.07, 6.45) is 1.90. The molecule has 0 aliphatic rings. The van der Waals surface area contributed by atoms with Crippen molar-refractivity contribution in [2.75, 3.05) is 0 Å². The molecule has 4 nitrogen and oxygen atoms in total. The summed E-state index contributed by atoms with van der Waals surface area (Å²) in [5.74, 6) is 0.989. The zero-order chi connectivity index (χ0) is 37.0. The predicted octanol–water partition coefficient (Wildman–Crippen LogP) is 12.7. The number of para-hydroxylation sites is 2. The van der Waals surface area contributed by atoms with E-state index in [1.54, 1.807) is 0 Å². The molecule has 4 heteroatoms. The molecular formula is C48H49N3O. The first-order valence-corrected chi connectivity index (χ1v) is 18.2. The number of hydrogen-bond donors (Lipinski definition) is 1. The molecule has 5 aromatic carbocycles. The van der Waals surface area contributed by atoms with Gasteiger partial charge in [0.2, 0.25) is 0 Å². The molecule has 262 valence electrons. The average molecular weight is 684 g/mol. The van der Waals surface area contributed by atoms with Crippen molar-refractivity contribution < 1.29 is 5.11 Å². The van der Waals surface area contributed by atoms with Gasteiger partial charge in [0.1, 0.15) is 11.6 Å². The van der Waals surface area contributed by atoms with Gasteiger partial charge in [0.05, 0.1) is 22.3 Å². The van der Waals surface area contributed by atoms with Crippen LogP contribution in [0.15, 0.2) is 128 Å². The number of hydrogen-bond acceptors (Lipinski definition) is 3. The largest absolute Gasteiger partial charge is 0.507 e. The number of nitrogens with zero attached hydrogens (tertiary/aromatic N) is 3. The Morgan fingerprint density at radius 3 is 1.81 bits per heavy atom. The van der Waals surface area contributed by atoms with E-state index in [0.717, 1.165) is 66.9 Å². The maximum absolute atomic E-state index is 12.1. The molecule has 2 aromatic heterocycles. The molecule has 7 aromatic rings. The summed E-state index contributed by atoms with van der Waals surface area (Å²) in [4.78, 5) is 10.3. The summed E-state index contributed by atoms with van der Waals surface area (Å²) >= 11 is 0. The van der Waals surface area contributed by atoms with Gasteiger partial charge in [-0.15, -0.1) is 0 Å². The van der Waals surface area contributed by atoms with Crippen molar-refractivity contribution in [1.82, 2.24) is 14.5 Å². The second-order valence-corrected chi connectivity index (χ2v) is 17.0. The molecule has 0 unspecified atom stereocenters. The number of imidazole rings is 1. The first kappa shape index (κ1) is 34.9. The third-order valence-electron chi connectivity index (χ3n) is 10.00. The number of phenols is 1. The van der Waals surface area contributed by atoms with Crippen LogP contribution in [0.3, 0.4) is 0 Å². The lowest BCUT2D eigenvalue weighted by molar-refractivity contribution is 0.446. The SMILES string of the molecule is CC(C)(C)c1cc(-c2cc(-c3ccccc3)ccn2)cc(-c2cccc3c2nc(-c2cc(C(C)(C)C)cc(C(C)(C)C)c2O)n3-c2ccccc2)c1. The molecular weight excluding hydrogens is 635 g/mol. The lowest BCUT2D eigenvalue weighted by atomic mass is 9.79. The molecule has 0 bridgehead atoms. The molecule has 2 heterocycles. The standard InChI is InChI=1S/C48H49N3O/c1-46(2,3)35-26-33(25-34(27-35)41-28-32(23-24-49-41)31-17-12-10-13-18-31)38-21-16-22-42-43(38)50-45(51(42)37-19-14-11-15-20-37)39-29-36(47(4,5)6)30-40(44(39)52)48(7,8)9/h10-30,52H,1-9H3. The van der Waals surface area contributed by atoms with Crippen LogP contribution in [0, 0.1) is 0 Å². The Hall–Kier alpha value is -5.48. The highest BCUT2D eigenvalue weighted by atomic mass is 16.3. The number of phenolic OH excluding ortho intramolecular Hbond substituents is 1. The normalized spacial score (nSPS) is 12.4. The van der Waals surface area contributed by atoms with Crippen LogP contribution in [-0.2, 0) is 16.2 Å². The van der Waals surface area contributed by atoms with Crippen molar-refractivity contribution in [3.8, 4) is 56.3 Å². The number of fused-ring (bicyclic) bond motifs is 1. The molecule has 1 N–H and O–H groups in total. The van der Waals surface area contributed by atoms with Gasteiger partial charge in [0.25, 0.3) is 0 Å². The summed E-state index contributed by atoms with van der Waals surface area (Å²) < 4.78 is 2.20. The number of benzene rings is 5. The molecule has 0 aliphatic carbocycles. The van der Waals surface area contributed by atoms with Gasteiger partial charge >= 0.3 is 0 Å². The van der Waals surface area contributed by atoms with Crippen molar-refractivity contribution in [1.29, 1.82) is 0 Å².